The third-order valence-corrected chi connectivity index (χ3v) is 7.28. The number of rotatable bonds is 6. The number of halogens is 4. The molecule has 9 nitrogen and oxygen atoms in total. The van der Waals surface area contributed by atoms with E-state index in [1.54, 1.807) is 29.8 Å². The summed E-state index contributed by atoms with van der Waals surface area (Å²) in [7, 11) is 0. The van der Waals surface area contributed by atoms with Crippen molar-refractivity contribution in [1.29, 1.82) is 0 Å². The number of hydrogen-bond donors (Lipinski definition) is 2. The minimum atomic E-state index is -0.873. The van der Waals surface area contributed by atoms with Crippen LogP contribution in [0.15, 0.2) is 41.5 Å². The fourth-order valence-corrected chi connectivity index (χ4v) is 5.25. The van der Waals surface area contributed by atoms with Gasteiger partial charge in [0, 0.05) is 42.8 Å². The van der Waals surface area contributed by atoms with E-state index in [4.69, 9.17) is 16.2 Å². The quantitative estimate of drug-likeness (QED) is 0.300. The first-order valence-electron chi connectivity index (χ1n) is 12.8. The molecule has 0 saturated heterocycles. The van der Waals surface area contributed by atoms with E-state index in [-0.39, 0.29) is 65.4 Å². The summed E-state index contributed by atoms with van der Waals surface area (Å²) in [6.45, 7) is 2.86. The fourth-order valence-electron chi connectivity index (χ4n) is 5.25. The maximum atomic E-state index is 16.2. The number of carbonyl (C=O) groups excluding carboxylic acids is 1. The molecule has 2 aliphatic rings. The zero-order chi connectivity index (χ0) is 27.4. The Hall–Kier alpha value is -3.96. The van der Waals surface area contributed by atoms with Crippen LogP contribution in [0.4, 0.5) is 26.2 Å². The van der Waals surface area contributed by atoms with Crippen molar-refractivity contribution >= 4 is 59.1 Å². The van der Waals surface area contributed by atoms with Gasteiger partial charge in [0.15, 0.2) is 5.82 Å². The standard InChI is InChI=1S/C28H26F2N6O3.2ClH/c1-2-39-27(38)19-13-36(17-4-5-17)24-18(25(19)37)10-20(29)22(23(24)30)15-3-6-21-14(9-15)7-8-35(21)12-16-11-33-28(32)34-26(16)31;;/h3,6,9-11,13,17H,2,4-5,7-8,12H2,1H3,(H4,31,32,33,34);2*1H. The normalized spacial score (nSPS) is 13.9. The van der Waals surface area contributed by atoms with E-state index in [1.165, 1.54) is 6.20 Å². The van der Waals surface area contributed by atoms with Crippen LogP contribution >= 0.6 is 24.8 Å². The molecule has 216 valence electrons. The molecule has 0 atom stereocenters. The number of nitrogen functional groups attached to an aromatic ring is 2. The first-order valence-corrected chi connectivity index (χ1v) is 12.8. The molecular weight excluding hydrogens is 577 g/mol. The minimum Gasteiger partial charge on any atom is -0.462 e. The molecule has 1 fully saturated rings. The predicted molar refractivity (Wildman–Crippen MR) is 158 cm³/mol. The van der Waals surface area contributed by atoms with Crippen LogP contribution in [0.25, 0.3) is 22.0 Å². The second-order valence-corrected chi connectivity index (χ2v) is 9.83. The van der Waals surface area contributed by atoms with E-state index in [2.05, 4.69) is 14.9 Å². The fraction of sp³-hybridized carbons (Fsp3) is 0.286. The molecule has 0 radical (unpaired) electrons. The van der Waals surface area contributed by atoms with Crippen LogP contribution in [-0.2, 0) is 17.7 Å². The van der Waals surface area contributed by atoms with Crippen molar-refractivity contribution in [3.8, 4) is 11.1 Å². The lowest BCUT2D eigenvalue weighted by Gasteiger charge is -2.20. The lowest BCUT2D eigenvalue weighted by atomic mass is 9.98. The summed E-state index contributed by atoms with van der Waals surface area (Å²) in [5, 5.41) is -0.179. The van der Waals surface area contributed by atoms with Gasteiger partial charge in [-0.1, -0.05) is 6.07 Å². The Bertz CT molecular complexity index is 1730. The molecule has 3 heterocycles. The molecule has 0 spiro atoms. The van der Waals surface area contributed by atoms with E-state index in [0.29, 0.717) is 30.9 Å². The van der Waals surface area contributed by atoms with Gasteiger partial charge in [-0.2, -0.15) is 4.98 Å². The zero-order valence-electron chi connectivity index (χ0n) is 22.0. The third kappa shape index (κ3) is 5.27. The smallest absolute Gasteiger partial charge is 0.343 e. The Morgan fingerprint density at radius 3 is 2.61 bits per heavy atom. The maximum absolute atomic E-state index is 16.2. The van der Waals surface area contributed by atoms with E-state index < -0.39 is 23.0 Å². The number of hydrogen-bond acceptors (Lipinski definition) is 8. The monoisotopic (exact) mass is 604 g/mol. The van der Waals surface area contributed by atoms with E-state index in [9.17, 15) is 9.59 Å². The Kier molecular flexibility index (Phi) is 8.41. The molecule has 0 bridgehead atoms. The van der Waals surface area contributed by atoms with Gasteiger partial charge in [-0.25, -0.2) is 18.6 Å². The zero-order valence-corrected chi connectivity index (χ0v) is 23.7. The van der Waals surface area contributed by atoms with E-state index >= 15 is 8.78 Å². The first kappa shape index (κ1) is 30.0. The SMILES string of the molecule is CCOC(=O)c1cn(C2CC2)c2c(F)c(-c3ccc4c(c3)CCN4Cc3cnc(N)nc3N)c(F)cc2c1=O.Cl.Cl. The third-order valence-electron chi connectivity index (χ3n) is 7.28. The Morgan fingerprint density at radius 1 is 1.17 bits per heavy atom. The highest BCUT2D eigenvalue weighted by Gasteiger charge is 2.31. The van der Waals surface area contributed by atoms with Gasteiger partial charge in [0.2, 0.25) is 11.4 Å². The first-order chi connectivity index (χ1) is 18.8. The van der Waals surface area contributed by atoms with Crippen molar-refractivity contribution in [3.63, 3.8) is 0 Å². The van der Waals surface area contributed by atoms with Crippen LogP contribution in [-0.4, -0.2) is 33.7 Å². The molecule has 2 aromatic heterocycles. The van der Waals surface area contributed by atoms with Gasteiger partial charge in [-0.3, -0.25) is 4.79 Å². The topological polar surface area (TPSA) is 129 Å². The number of pyridine rings is 1. The number of nitrogens with zero attached hydrogens (tertiary/aromatic N) is 4. The highest BCUT2D eigenvalue weighted by atomic mass is 35.5. The molecule has 2 aromatic carbocycles. The number of benzene rings is 2. The van der Waals surface area contributed by atoms with Crippen LogP contribution < -0.4 is 21.8 Å². The number of aromatic nitrogens is 3. The molecule has 6 rings (SSSR count). The number of esters is 1. The Balaban J connectivity index is 0.00000194. The number of nitrogens with two attached hydrogens (primary N) is 2. The van der Waals surface area contributed by atoms with Crippen molar-refractivity contribution < 1.29 is 18.3 Å². The summed E-state index contributed by atoms with van der Waals surface area (Å²) in [6.07, 6.45) is 5.15. The molecule has 0 amide bonds. The number of fused-ring (bicyclic) bond motifs is 2. The minimum absolute atomic E-state index is 0. The van der Waals surface area contributed by atoms with Crippen LogP contribution in [0.2, 0.25) is 0 Å². The number of anilines is 3. The van der Waals surface area contributed by atoms with E-state index in [0.717, 1.165) is 35.7 Å². The Morgan fingerprint density at radius 2 is 1.93 bits per heavy atom. The molecule has 1 aliphatic carbocycles. The summed E-state index contributed by atoms with van der Waals surface area (Å²) in [5.74, 6) is -2.10. The highest BCUT2D eigenvalue weighted by Crippen LogP contribution is 2.41. The lowest BCUT2D eigenvalue weighted by Crippen LogP contribution is -2.22. The van der Waals surface area contributed by atoms with Crippen LogP contribution in [0.1, 0.15) is 47.3 Å². The van der Waals surface area contributed by atoms with E-state index in [1.807, 2.05) is 6.07 Å². The number of ether oxygens (including phenoxy) is 1. The van der Waals surface area contributed by atoms with Crippen LogP contribution in [0, 0.1) is 11.6 Å². The van der Waals surface area contributed by atoms with Crippen molar-refractivity contribution in [1.82, 2.24) is 14.5 Å². The molecular formula is C28H28Cl2F2N6O3. The number of carbonyl (C=O) groups is 1. The average Bonchev–Trinajstić information content (AvgIpc) is 3.67. The average molecular weight is 605 g/mol. The maximum Gasteiger partial charge on any atom is 0.343 e. The van der Waals surface area contributed by atoms with Gasteiger partial charge >= 0.3 is 5.97 Å². The van der Waals surface area contributed by atoms with Crippen molar-refractivity contribution in [2.24, 2.45) is 0 Å². The van der Waals surface area contributed by atoms with Gasteiger partial charge in [-0.15, -0.1) is 24.8 Å². The summed E-state index contributed by atoms with van der Waals surface area (Å²) < 4.78 is 38.3. The second kappa shape index (κ2) is 11.5. The van der Waals surface area contributed by atoms with Crippen molar-refractivity contribution in [2.75, 3.05) is 29.5 Å². The summed E-state index contributed by atoms with van der Waals surface area (Å²) in [6, 6.07) is 6.22. The van der Waals surface area contributed by atoms with Gasteiger partial charge in [0.05, 0.1) is 23.1 Å². The van der Waals surface area contributed by atoms with Gasteiger partial charge in [0.25, 0.3) is 0 Å². The van der Waals surface area contributed by atoms with Gasteiger partial charge in [0.1, 0.15) is 17.2 Å². The van der Waals surface area contributed by atoms with Crippen LogP contribution in [0.3, 0.4) is 0 Å². The van der Waals surface area contributed by atoms with Crippen molar-refractivity contribution in [3.05, 3.63) is 75.2 Å². The molecule has 4 aromatic rings. The lowest BCUT2D eigenvalue weighted by molar-refractivity contribution is 0.0524. The molecule has 4 N–H and O–H groups in total. The largest absolute Gasteiger partial charge is 0.462 e. The second-order valence-electron chi connectivity index (χ2n) is 9.83. The molecule has 0 unspecified atom stereocenters. The molecule has 13 heteroatoms. The molecule has 1 aliphatic heterocycles. The summed E-state index contributed by atoms with van der Waals surface area (Å²) in [4.78, 5) is 35.6. The van der Waals surface area contributed by atoms with Crippen LogP contribution in [0.5, 0.6) is 0 Å². The summed E-state index contributed by atoms with van der Waals surface area (Å²) >= 11 is 0. The predicted octanol–water partition coefficient (Wildman–Crippen LogP) is 4.82. The summed E-state index contributed by atoms with van der Waals surface area (Å²) in [5.41, 5.74) is 13.3. The van der Waals surface area contributed by atoms with Gasteiger partial charge < -0.3 is 25.7 Å². The highest BCUT2D eigenvalue weighted by molar-refractivity contribution is 5.95. The van der Waals surface area contributed by atoms with Gasteiger partial charge in [-0.05, 0) is 55.5 Å². The Labute approximate surface area is 246 Å². The van der Waals surface area contributed by atoms with Crippen molar-refractivity contribution in [2.45, 2.75) is 38.8 Å². The molecule has 41 heavy (non-hydrogen) atoms. The molecule has 1 saturated carbocycles.